The molecule has 3 N–H and O–H groups in total. The Balaban J connectivity index is 2.33. The van der Waals surface area contributed by atoms with Crippen LogP contribution in [0.1, 0.15) is 20.7 Å². The molecule has 0 heterocycles. The van der Waals surface area contributed by atoms with Crippen molar-refractivity contribution in [3.05, 3.63) is 56.1 Å². The van der Waals surface area contributed by atoms with Crippen molar-refractivity contribution in [1.29, 1.82) is 0 Å². The Labute approximate surface area is 138 Å². The summed E-state index contributed by atoms with van der Waals surface area (Å²) in [6.45, 7) is 0. The molecule has 0 spiro atoms. The normalized spacial score (nSPS) is 10.2. The van der Waals surface area contributed by atoms with Gasteiger partial charge in [0.25, 0.3) is 5.91 Å². The molecule has 0 aromatic heterocycles. The summed E-state index contributed by atoms with van der Waals surface area (Å²) in [7, 11) is 0. The minimum absolute atomic E-state index is 0.00145. The van der Waals surface area contributed by atoms with Crippen LogP contribution in [0.25, 0.3) is 0 Å². The van der Waals surface area contributed by atoms with Gasteiger partial charge in [-0.2, -0.15) is 0 Å². The number of rotatable bonds is 3. The van der Waals surface area contributed by atoms with Gasteiger partial charge in [-0.25, -0.2) is 4.79 Å². The van der Waals surface area contributed by atoms with Gasteiger partial charge in [0.05, 0.1) is 21.8 Å². The number of aromatic carboxylic acids is 1. The molecule has 0 aliphatic carbocycles. The fourth-order valence-electron chi connectivity index (χ4n) is 1.63. The van der Waals surface area contributed by atoms with Crippen LogP contribution in [0, 0.1) is 3.57 Å². The number of aromatic hydroxyl groups is 1. The number of phenolic OH excluding ortho intramolecular Hbond substituents is 1. The zero-order chi connectivity index (χ0) is 15.6. The van der Waals surface area contributed by atoms with Gasteiger partial charge >= 0.3 is 5.97 Å². The van der Waals surface area contributed by atoms with Crippen LogP contribution in [-0.2, 0) is 0 Å². The van der Waals surface area contributed by atoms with Gasteiger partial charge in [-0.3, -0.25) is 4.79 Å². The molecule has 0 bridgehead atoms. The van der Waals surface area contributed by atoms with Gasteiger partial charge in [-0.1, -0.05) is 11.6 Å². The van der Waals surface area contributed by atoms with E-state index in [1.54, 1.807) is 6.07 Å². The number of anilines is 1. The molecule has 2 aromatic carbocycles. The zero-order valence-electron chi connectivity index (χ0n) is 10.4. The number of nitrogens with one attached hydrogen (secondary N) is 1. The number of amides is 1. The van der Waals surface area contributed by atoms with E-state index in [2.05, 4.69) is 5.32 Å². The molecule has 0 aliphatic heterocycles. The predicted octanol–water partition coefficient (Wildman–Crippen LogP) is 3.60. The molecule has 2 rings (SSSR count). The van der Waals surface area contributed by atoms with E-state index in [4.69, 9.17) is 16.7 Å². The Morgan fingerprint density at radius 3 is 2.52 bits per heavy atom. The fourth-order valence-corrected chi connectivity index (χ4v) is 2.29. The zero-order valence-corrected chi connectivity index (χ0v) is 13.3. The summed E-state index contributed by atoms with van der Waals surface area (Å²) in [5.74, 6) is -1.87. The first-order valence-electron chi connectivity index (χ1n) is 5.71. The van der Waals surface area contributed by atoms with Gasteiger partial charge in [-0.15, -0.1) is 0 Å². The van der Waals surface area contributed by atoms with Crippen molar-refractivity contribution in [3.8, 4) is 5.75 Å². The number of carboxylic acid groups (broad SMARTS) is 1. The number of phenols is 1. The highest BCUT2D eigenvalue weighted by atomic mass is 127. The molecule has 2 aromatic rings. The molecule has 0 aliphatic rings. The summed E-state index contributed by atoms with van der Waals surface area (Å²) in [5, 5.41) is 21.3. The van der Waals surface area contributed by atoms with Gasteiger partial charge in [0.1, 0.15) is 5.75 Å². The highest BCUT2D eigenvalue weighted by molar-refractivity contribution is 14.1. The topological polar surface area (TPSA) is 86.6 Å². The summed E-state index contributed by atoms with van der Waals surface area (Å²) < 4.78 is 0.779. The highest BCUT2D eigenvalue weighted by Crippen LogP contribution is 2.26. The molecule has 0 radical (unpaired) electrons. The lowest BCUT2D eigenvalue weighted by molar-refractivity contribution is 0.0696. The lowest BCUT2D eigenvalue weighted by Crippen LogP contribution is -2.13. The molecule has 7 heteroatoms. The molecule has 0 fully saturated rings. The lowest BCUT2D eigenvalue weighted by atomic mass is 10.1. The minimum Gasteiger partial charge on any atom is -0.507 e. The van der Waals surface area contributed by atoms with Crippen LogP contribution in [0.5, 0.6) is 5.75 Å². The van der Waals surface area contributed by atoms with E-state index in [1.165, 1.54) is 30.3 Å². The Bertz CT molecular complexity index is 733. The van der Waals surface area contributed by atoms with Gasteiger partial charge in [-0.05, 0) is 59.0 Å². The summed E-state index contributed by atoms with van der Waals surface area (Å²) in [6, 6.07) is 8.56. The molecular formula is C14H9ClINO4. The SMILES string of the molecule is O=C(O)c1ccc(Cl)c(NC(=O)c2cc(I)ccc2O)c1. The van der Waals surface area contributed by atoms with E-state index in [0.717, 1.165) is 3.57 Å². The third-order valence-electron chi connectivity index (χ3n) is 2.66. The molecule has 0 saturated carbocycles. The fraction of sp³-hybridized carbons (Fsp3) is 0. The molecule has 5 nitrogen and oxygen atoms in total. The van der Waals surface area contributed by atoms with E-state index in [1.807, 2.05) is 22.6 Å². The van der Waals surface area contributed by atoms with Crippen LogP contribution in [0.15, 0.2) is 36.4 Å². The van der Waals surface area contributed by atoms with E-state index >= 15 is 0 Å². The third kappa shape index (κ3) is 3.64. The summed E-state index contributed by atoms with van der Waals surface area (Å²) in [6.07, 6.45) is 0. The van der Waals surface area contributed by atoms with E-state index in [-0.39, 0.29) is 27.6 Å². The van der Waals surface area contributed by atoms with E-state index in [0.29, 0.717) is 0 Å². The van der Waals surface area contributed by atoms with E-state index < -0.39 is 11.9 Å². The summed E-state index contributed by atoms with van der Waals surface area (Å²) >= 11 is 7.94. The lowest BCUT2D eigenvalue weighted by Gasteiger charge is -2.09. The van der Waals surface area contributed by atoms with Crippen LogP contribution >= 0.6 is 34.2 Å². The van der Waals surface area contributed by atoms with Crippen LogP contribution in [-0.4, -0.2) is 22.1 Å². The Kier molecular flexibility index (Phi) is 4.69. The van der Waals surface area contributed by atoms with Crippen molar-refractivity contribution in [3.63, 3.8) is 0 Å². The van der Waals surface area contributed by atoms with E-state index in [9.17, 15) is 14.7 Å². The number of benzene rings is 2. The Hall–Kier alpha value is -1.80. The third-order valence-corrected chi connectivity index (χ3v) is 3.67. The Morgan fingerprint density at radius 1 is 1.14 bits per heavy atom. The van der Waals surface area contributed by atoms with Crippen LogP contribution in [0.4, 0.5) is 5.69 Å². The summed E-state index contributed by atoms with van der Waals surface area (Å²) in [4.78, 5) is 23.1. The minimum atomic E-state index is -1.13. The first kappa shape index (κ1) is 15.6. The van der Waals surface area contributed by atoms with Crippen molar-refractivity contribution < 1.29 is 19.8 Å². The monoisotopic (exact) mass is 417 g/mol. The number of halogens is 2. The first-order chi connectivity index (χ1) is 9.88. The number of carboxylic acids is 1. The van der Waals surface area contributed by atoms with Crippen LogP contribution in [0.2, 0.25) is 5.02 Å². The molecular weight excluding hydrogens is 409 g/mol. The second kappa shape index (κ2) is 6.31. The second-order valence-corrected chi connectivity index (χ2v) is 5.77. The maximum atomic E-state index is 12.1. The molecule has 21 heavy (non-hydrogen) atoms. The quantitative estimate of drug-likeness (QED) is 0.666. The van der Waals surface area contributed by atoms with Gasteiger partial charge < -0.3 is 15.5 Å². The molecule has 0 unspecified atom stereocenters. The second-order valence-electron chi connectivity index (χ2n) is 4.12. The first-order valence-corrected chi connectivity index (χ1v) is 7.17. The average molecular weight is 418 g/mol. The summed E-state index contributed by atoms with van der Waals surface area (Å²) in [5.41, 5.74) is 0.250. The largest absolute Gasteiger partial charge is 0.507 e. The van der Waals surface area contributed by atoms with Gasteiger partial charge in [0, 0.05) is 3.57 Å². The maximum Gasteiger partial charge on any atom is 0.335 e. The number of carbonyl (C=O) groups is 2. The molecule has 1 amide bonds. The van der Waals surface area contributed by atoms with Crippen LogP contribution in [0.3, 0.4) is 0 Å². The molecule has 0 saturated heterocycles. The smallest absolute Gasteiger partial charge is 0.335 e. The number of hydrogen-bond acceptors (Lipinski definition) is 3. The molecule has 0 atom stereocenters. The van der Waals surface area contributed by atoms with Gasteiger partial charge in [0.15, 0.2) is 0 Å². The van der Waals surface area contributed by atoms with Crippen molar-refractivity contribution >= 4 is 51.8 Å². The maximum absolute atomic E-state index is 12.1. The number of hydrogen-bond donors (Lipinski definition) is 3. The molecule has 108 valence electrons. The standard InChI is InChI=1S/C14H9ClINO4/c15-10-3-1-7(14(20)21)5-11(10)17-13(19)9-6-8(16)2-4-12(9)18/h1-6,18H,(H,17,19)(H,20,21). The number of carbonyl (C=O) groups excluding carboxylic acids is 1. The van der Waals surface area contributed by atoms with Crippen LogP contribution < -0.4 is 5.32 Å². The highest BCUT2D eigenvalue weighted by Gasteiger charge is 2.14. The van der Waals surface area contributed by atoms with Crippen molar-refractivity contribution in [1.82, 2.24) is 0 Å². The van der Waals surface area contributed by atoms with Crippen molar-refractivity contribution in [2.24, 2.45) is 0 Å². The Morgan fingerprint density at radius 2 is 1.86 bits per heavy atom. The van der Waals surface area contributed by atoms with Crippen molar-refractivity contribution in [2.45, 2.75) is 0 Å². The van der Waals surface area contributed by atoms with Crippen molar-refractivity contribution in [2.75, 3.05) is 5.32 Å². The van der Waals surface area contributed by atoms with Gasteiger partial charge in [0.2, 0.25) is 0 Å². The predicted molar refractivity (Wildman–Crippen MR) is 87.2 cm³/mol. The average Bonchev–Trinajstić information content (AvgIpc) is 2.43.